The van der Waals surface area contributed by atoms with E-state index in [0.29, 0.717) is 51.4 Å². The SMILES string of the molecule is CCOC(=O)CC1OC(c2cccc(OC)c2OCC)c2cc(Cl)ccc2N(Cc2ccc(OC)cc2OC)C1=O. The fourth-order valence-corrected chi connectivity index (χ4v) is 5.01. The van der Waals surface area contributed by atoms with E-state index in [9.17, 15) is 9.59 Å². The van der Waals surface area contributed by atoms with Crippen LogP contribution in [0.4, 0.5) is 5.69 Å². The Bertz CT molecular complexity index is 1390. The number of fused-ring (bicyclic) bond motifs is 1. The second kappa shape index (κ2) is 13.6. The van der Waals surface area contributed by atoms with Crippen LogP contribution in [0, 0.1) is 0 Å². The summed E-state index contributed by atoms with van der Waals surface area (Å²) in [6, 6.07) is 16.1. The molecule has 2 atom stereocenters. The largest absolute Gasteiger partial charge is 0.497 e. The number of carbonyl (C=O) groups excluding carboxylic acids is 2. The zero-order valence-corrected chi connectivity index (χ0v) is 24.5. The highest BCUT2D eigenvalue weighted by atomic mass is 35.5. The van der Waals surface area contributed by atoms with Crippen molar-refractivity contribution in [3.05, 3.63) is 76.3 Å². The first-order chi connectivity index (χ1) is 19.8. The Morgan fingerprint density at radius 3 is 2.39 bits per heavy atom. The maximum atomic E-state index is 14.2. The van der Waals surface area contributed by atoms with Crippen molar-refractivity contribution in [2.24, 2.45) is 0 Å². The molecule has 10 heteroatoms. The Kier molecular flexibility index (Phi) is 9.96. The molecule has 1 amide bonds. The van der Waals surface area contributed by atoms with Crippen molar-refractivity contribution in [3.63, 3.8) is 0 Å². The van der Waals surface area contributed by atoms with Gasteiger partial charge < -0.3 is 33.3 Å². The number of halogens is 1. The van der Waals surface area contributed by atoms with Crippen molar-refractivity contribution in [3.8, 4) is 23.0 Å². The minimum absolute atomic E-state index is 0.131. The molecule has 0 bridgehead atoms. The number of nitrogens with zero attached hydrogens (tertiary/aromatic N) is 1. The molecule has 0 saturated carbocycles. The molecule has 0 aromatic heterocycles. The maximum absolute atomic E-state index is 14.2. The van der Waals surface area contributed by atoms with Crippen LogP contribution in [0.25, 0.3) is 0 Å². The molecule has 2 unspecified atom stereocenters. The molecule has 1 aliphatic rings. The summed E-state index contributed by atoms with van der Waals surface area (Å²) in [5.74, 6) is 1.18. The number of rotatable bonds is 11. The van der Waals surface area contributed by atoms with E-state index in [2.05, 4.69) is 0 Å². The first-order valence-corrected chi connectivity index (χ1v) is 13.6. The Morgan fingerprint density at radius 1 is 0.927 bits per heavy atom. The zero-order valence-electron chi connectivity index (χ0n) is 23.8. The second-order valence-corrected chi connectivity index (χ2v) is 9.57. The molecular formula is C31H34ClNO8. The number of hydrogen-bond donors (Lipinski definition) is 0. The highest BCUT2D eigenvalue weighted by molar-refractivity contribution is 6.30. The standard InChI is InChI=1S/C31H34ClNO8/c1-6-39-28(34)17-27-31(35)33(18-19-11-13-21(36-3)16-26(19)38-5)24-14-12-20(32)15-23(24)29(41-27)22-9-8-10-25(37-4)30(22)40-7-2/h8-16,27,29H,6-7,17-18H2,1-5H3. The summed E-state index contributed by atoms with van der Waals surface area (Å²) in [6.07, 6.45) is -2.28. The van der Waals surface area contributed by atoms with Gasteiger partial charge in [0, 0.05) is 27.8 Å². The van der Waals surface area contributed by atoms with Crippen molar-refractivity contribution >= 4 is 29.2 Å². The highest BCUT2D eigenvalue weighted by Gasteiger charge is 2.39. The molecule has 0 spiro atoms. The summed E-state index contributed by atoms with van der Waals surface area (Å²) < 4.78 is 34.2. The Morgan fingerprint density at radius 2 is 1.71 bits per heavy atom. The molecule has 1 heterocycles. The third kappa shape index (κ3) is 6.52. The van der Waals surface area contributed by atoms with Gasteiger partial charge in [-0.1, -0.05) is 23.7 Å². The molecule has 41 heavy (non-hydrogen) atoms. The van der Waals surface area contributed by atoms with Crippen molar-refractivity contribution in [2.45, 2.75) is 39.0 Å². The average Bonchev–Trinajstić information content (AvgIpc) is 3.08. The zero-order chi connectivity index (χ0) is 29.5. The van der Waals surface area contributed by atoms with Crippen LogP contribution in [-0.4, -0.2) is 52.5 Å². The smallest absolute Gasteiger partial charge is 0.308 e. The van der Waals surface area contributed by atoms with Gasteiger partial charge >= 0.3 is 5.97 Å². The van der Waals surface area contributed by atoms with Crippen LogP contribution in [0.5, 0.6) is 23.0 Å². The maximum Gasteiger partial charge on any atom is 0.308 e. The summed E-state index contributed by atoms with van der Waals surface area (Å²) in [5, 5.41) is 0.455. The topological polar surface area (TPSA) is 92.8 Å². The van der Waals surface area contributed by atoms with Gasteiger partial charge in [0.05, 0.1) is 53.2 Å². The number of anilines is 1. The van der Waals surface area contributed by atoms with Gasteiger partial charge in [-0.3, -0.25) is 9.59 Å². The number of amides is 1. The Hall–Kier alpha value is -3.95. The third-order valence-electron chi connectivity index (χ3n) is 6.69. The van der Waals surface area contributed by atoms with E-state index in [-0.39, 0.29) is 19.6 Å². The molecule has 0 saturated heterocycles. The lowest BCUT2D eigenvalue weighted by molar-refractivity contribution is -0.151. The predicted octanol–water partition coefficient (Wildman–Crippen LogP) is 5.74. The summed E-state index contributed by atoms with van der Waals surface area (Å²) in [5.41, 5.74) is 2.55. The van der Waals surface area contributed by atoms with Gasteiger partial charge in [-0.05, 0) is 50.2 Å². The Balaban J connectivity index is 1.91. The van der Waals surface area contributed by atoms with E-state index in [1.807, 2.05) is 25.1 Å². The molecule has 218 valence electrons. The van der Waals surface area contributed by atoms with E-state index >= 15 is 0 Å². The van der Waals surface area contributed by atoms with Gasteiger partial charge in [0.1, 0.15) is 23.7 Å². The van der Waals surface area contributed by atoms with E-state index in [1.54, 1.807) is 69.6 Å². The predicted molar refractivity (Wildman–Crippen MR) is 154 cm³/mol. The lowest BCUT2D eigenvalue weighted by Crippen LogP contribution is -2.40. The molecule has 3 aromatic carbocycles. The number of carbonyl (C=O) groups is 2. The van der Waals surface area contributed by atoms with Crippen molar-refractivity contribution < 1.29 is 38.0 Å². The number of methoxy groups -OCH3 is 3. The van der Waals surface area contributed by atoms with Crippen LogP contribution in [0.2, 0.25) is 5.02 Å². The first-order valence-electron chi connectivity index (χ1n) is 13.3. The van der Waals surface area contributed by atoms with E-state index in [4.69, 9.17) is 40.0 Å². The number of ether oxygens (including phenoxy) is 6. The van der Waals surface area contributed by atoms with Crippen LogP contribution in [0.1, 0.15) is 43.1 Å². The van der Waals surface area contributed by atoms with Crippen molar-refractivity contribution in [2.75, 3.05) is 39.4 Å². The minimum atomic E-state index is -1.17. The van der Waals surface area contributed by atoms with Gasteiger partial charge in [-0.15, -0.1) is 0 Å². The summed E-state index contributed by atoms with van der Waals surface area (Å²) in [4.78, 5) is 28.5. The average molecular weight is 584 g/mol. The summed E-state index contributed by atoms with van der Waals surface area (Å²) >= 11 is 6.51. The third-order valence-corrected chi connectivity index (χ3v) is 6.92. The number of benzene rings is 3. The quantitative estimate of drug-likeness (QED) is 0.264. The molecule has 0 radical (unpaired) electrons. The molecule has 4 rings (SSSR count). The molecule has 1 aliphatic heterocycles. The summed E-state index contributed by atoms with van der Waals surface area (Å²) in [6.45, 7) is 4.26. The second-order valence-electron chi connectivity index (χ2n) is 9.13. The fraction of sp³-hybridized carbons (Fsp3) is 0.355. The number of para-hydroxylation sites is 1. The van der Waals surface area contributed by atoms with Gasteiger partial charge in [-0.2, -0.15) is 0 Å². The lowest BCUT2D eigenvalue weighted by atomic mass is 9.97. The van der Waals surface area contributed by atoms with Gasteiger partial charge in [0.25, 0.3) is 5.91 Å². The van der Waals surface area contributed by atoms with Crippen LogP contribution in [0.15, 0.2) is 54.6 Å². The normalized spacial score (nSPS) is 16.4. The van der Waals surface area contributed by atoms with E-state index < -0.39 is 24.1 Å². The van der Waals surface area contributed by atoms with Gasteiger partial charge in [0.15, 0.2) is 11.5 Å². The number of esters is 1. The molecule has 3 aromatic rings. The summed E-state index contributed by atoms with van der Waals surface area (Å²) in [7, 11) is 4.67. The van der Waals surface area contributed by atoms with E-state index in [0.717, 1.165) is 5.56 Å². The molecule has 0 aliphatic carbocycles. The molecule has 9 nitrogen and oxygen atoms in total. The fourth-order valence-electron chi connectivity index (χ4n) is 4.83. The van der Waals surface area contributed by atoms with Crippen molar-refractivity contribution in [1.29, 1.82) is 0 Å². The lowest BCUT2D eigenvalue weighted by Gasteiger charge is -2.26. The van der Waals surface area contributed by atoms with Crippen LogP contribution < -0.4 is 23.8 Å². The van der Waals surface area contributed by atoms with Crippen molar-refractivity contribution in [1.82, 2.24) is 0 Å². The molecule has 0 N–H and O–H groups in total. The Labute approximate surface area is 244 Å². The number of hydrogen-bond acceptors (Lipinski definition) is 8. The van der Waals surface area contributed by atoms with Gasteiger partial charge in [-0.25, -0.2) is 0 Å². The van der Waals surface area contributed by atoms with Crippen LogP contribution >= 0.6 is 11.6 Å². The monoisotopic (exact) mass is 583 g/mol. The van der Waals surface area contributed by atoms with Crippen LogP contribution in [0.3, 0.4) is 0 Å². The van der Waals surface area contributed by atoms with E-state index in [1.165, 1.54) is 0 Å². The first kappa shape index (κ1) is 30.0. The molecular weight excluding hydrogens is 550 g/mol. The highest BCUT2D eigenvalue weighted by Crippen LogP contribution is 2.46. The van der Waals surface area contributed by atoms with Gasteiger partial charge in [0.2, 0.25) is 0 Å². The van der Waals surface area contributed by atoms with Crippen LogP contribution in [-0.2, 0) is 25.6 Å². The molecule has 0 fully saturated rings. The minimum Gasteiger partial charge on any atom is -0.497 e.